The number of carbonyl (C=O) groups is 1. The number of benzene rings is 1. The third-order valence-corrected chi connectivity index (χ3v) is 5.34. The van der Waals surface area contributed by atoms with Crippen molar-refractivity contribution in [3.63, 3.8) is 0 Å². The molecule has 10 heteroatoms. The highest BCUT2D eigenvalue weighted by molar-refractivity contribution is 6.30. The summed E-state index contributed by atoms with van der Waals surface area (Å²) in [5.41, 5.74) is -0.693. The van der Waals surface area contributed by atoms with E-state index >= 15 is 0 Å². The summed E-state index contributed by atoms with van der Waals surface area (Å²) in [6.45, 7) is 0.700. The van der Waals surface area contributed by atoms with Crippen molar-refractivity contribution in [2.24, 2.45) is 5.92 Å². The van der Waals surface area contributed by atoms with Crippen molar-refractivity contribution < 1.29 is 23.1 Å². The molecule has 1 aliphatic heterocycles. The van der Waals surface area contributed by atoms with Gasteiger partial charge in [0.15, 0.2) is 0 Å². The molecule has 1 fully saturated rings. The average Bonchev–Trinajstić information content (AvgIpc) is 2.70. The molecule has 1 unspecified atom stereocenters. The Labute approximate surface area is 175 Å². The van der Waals surface area contributed by atoms with Crippen molar-refractivity contribution in [3.8, 4) is 0 Å². The topological polar surface area (TPSA) is 74.6 Å². The zero-order valence-corrected chi connectivity index (χ0v) is 16.7. The van der Waals surface area contributed by atoms with E-state index in [1.807, 2.05) is 0 Å². The number of alkyl halides is 3. The summed E-state index contributed by atoms with van der Waals surface area (Å²) < 4.78 is 39.1. The van der Waals surface area contributed by atoms with E-state index in [-0.39, 0.29) is 23.9 Å². The molecule has 1 amide bonds. The summed E-state index contributed by atoms with van der Waals surface area (Å²) in [4.78, 5) is 25.9. The number of hydrogen-bond donors (Lipinski definition) is 2. The van der Waals surface area contributed by atoms with E-state index in [2.05, 4.69) is 5.32 Å². The number of hydrogen-bond acceptors (Lipinski definition) is 4. The Morgan fingerprint density at radius 2 is 1.80 bits per heavy atom. The number of aliphatic hydroxyl groups excluding tert-OH is 1. The van der Waals surface area contributed by atoms with Crippen LogP contribution in [0.25, 0.3) is 0 Å². The largest absolute Gasteiger partial charge is 0.416 e. The van der Waals surface area contributed by atoms with Gasteiger partial charge in [0.25, 0.3) is 5.56 Å². The predicted octanol–water partition coefficient (Wildman–Crippen LogP) is 3.19. The van der Waals surface area contributed by atoms with E-state index in [4.69, 9.17) is 11.6 Å². The molecule has 2 N–H and O–H groups in total. The highest BCUT2D eigenvalue weighted by Crippen LogP contribution is 2.30. The Morgan fingerprint density at radius 1 is 1.17 bits per heavy atom. The van der Waals surface area contributed by atoms with Gasteiger partial charge in [0.2, 0.25) is 5.91 Å². The van der Waals surface area contributed by atoms with Gasteiger partial charge in [-0.3, -0.25) is 9.59 Å². The van der Waals surface area contributed by atoms with E-state index in [0.29, 0.717) is 36.6 Å². The van der Waals surface area contributed by atoms with E-state index < -0.39 is 18.0 Å². The van der Waals surface area contributed by atoms with Crippen LogP contribution in [-0.2, 0) is 17.5 Å². The highest BCUT2D eigenvalue weighted by Gasteiger charge is 2.31. The maximum Gasteiger partial charge on any atom is 0.416 e. The summed E-state index contributed by atoms with van der Waals surface area (Å²) in [5, 5.41) is 13.6. The maximum absolute atomic E-state index is 12.6. The van der Waals surface area contributed by atoms with Gasteiger partial charge in [0.1, 0.15) is 12.8 Å². The Hall–Kier alpha value is -2.52. The number of aliphatic hydroxyl groups is 1. The van der Waals surface area contributed by atoms with Gasteiger partial charge in [-0.2, -0.15) is 13.2 Å². The predicted molar refractivity (Wildman–Crippen MR) is 106 cm³/mol. The van der Waals surface area contributed by atoms with Crippen molar-refractivity contribution in [1.29, 1.82) is 0 Å². The number of nitrogens with zero attached hydrogens (tertiary/aromatic N) is 2. The van der Waals surface area contributed by atoms with Crippen LogP contribution in [0.2, 0.25) is 5.02 Å². The number of likely N-dealkylation sites (tertiary alicyclic amines) is 1. The van der Waals surface area contributed by atoms with E-state index in [1.54, 1.807) is 4.90 Å². The van der Waals surface area contributed by atoms with Crippen molar-refractivity contribution in [3.05, 3.63) is 63.5 Å². The van der Waals surface area contributed by atoms with Gasteiger partial charge in [0, 0.05) is 37.0 Å². The van der Waals surface area contributed by atoms with Gasteiger partial charge < -0.3 is 19.9 Å². The number of aromatic nitrogens is 1. The van der Waals surface area contributed by atoms with Crippen LogP contribution < -0.4 is 10.9 Å². The molecule has 3 rings (SSSR count). The molecule has 1 atom stereocenters. The molecule has 1 aromatic carbocycles. The van der Waals surface area contributed by atoms with Gasteiger partial charge >= 0.3 is 6.18 Å². The first-order valence-electron chi connectivity index (χ1n) is 9.39. The van der Waals surface area contributed by atoms with Crippen LogP contribution in [0.1, 0.15) is 18.4 Å². The van der Waals surface area contributed by atoms with Crippen LogP contribution in [0.15, 0.2) is 47.4 Å². The van der Waals surface area contributed by atoms with Crippen LogP contribution in [-0.4, -0.2) is 39.8 Å². The number of pyridine rings is 1. The van der Waals surface area contributed by atoms with E-state index in [9.17, 15) is 27.9 Å². The molecular weight excluding hydrogens is 423 g/mol. The molecule has 0 saturated carbocycles. The van der Waals surface area contributed by atoms with E-state index in [1.165, 1.54) is 35.0 Å². The lowest BCUT2D eigenvalue weighted by atomic mass is 9.94. The number of piperidine rings is 1. The van der Waals surface area contributed by atoms with Gasteiger partial charge in [-0.25, -0.2) is 0 Å². The number of anilines is 1. The molecule has 30 heavy (non-hydrogen) atoms. The molecule has 0 aliphatic carbocycles. The molecule has 2 aromatic rings. The SMILES string of the molecule is O=C(Cn1cc(Cl)ccc1=O)N1CCC(C(O)Nc2ccc(C(F)(F)F)cc2)CC1. The van der Waals surface area contributed by atoms with Crippen LogP contribution in [0.5, 0.6) is 0 Å². The molecule has 0 bridgehead atoms. The molecule has 162 valence electrons. The first kappa shape index (κ1) is 22.2. The molecule has 1 aliphatic rings. The minimum Gasteiger partial charge on any atom is -0.374 e. The average molecular weight is 444 g/mol. The zero-order chi connectivity index (χ0) is 21.9. The third kappa shape index (κ3) is 5.54. The van der Waals surface area contributed by atoms with Crippen LogP contribution in [0.3, 0.4) is 0 Å². The first-order chi connectivity index (χ1) is 14.1. The van der Waals surface area contributed by atoms with Crippen molar-refractivity contribution in [1.82, 2.24) is 9.47 Å². The van der Waals surface area contributed by atoms with Gasteiger partial charge in [-0.1, -0.05) is 11.6 Å². The second-order valence-electron chi connectivity index (χ2n) is 7.20. The Bertz CT molecular complexity index is 939. The first-order valence-corrected chi connectivity index (χ1v) is 9.77. The lowest BCUT2D eigenvalue weighted by Gasteiger charge is -2.34. The van der Waals surface area contributed by atoms with Crippen LogP contribution >= 0.6 is 11.6 Å². The summed E-state index contributed by atoms with van der Waals surface area (Å²) in [6, 6.07) is 7.20. The van der Waals surface area contributed by atoms with Gasteiger partial charge in [0.05, 0.1) is 10.6 Å². The van der Waals surface area contributed by atoms with Crippen molar-refractivity contribution >= 4 is 23.2 Å². The fraction of sp³-hybridized carbons (Fsp3) is 0.400. The minimum absolute atomic E-state index is 0.115. The smallest absolute Gasteiger partial charge is 0.374 e. The number of halogens is 4. The summed E-state index contributed by atoms with van der Waals surface area (Å²) in [5.74, 6) is -0.381. The van der Waals surface area contributed by atoms with Gasteiger partial charge in [-0.15, -0.1) is 0 Å². The number of nitrogens with one attached hydrogen (secondary N) is 1. The summed E-state index contributed by atoms with van der Waals surface area (Å²) in [7, 11) is 0. The molecule has 1 aromatic heterocycles. The van der Waals surface area contributed by atoms with Gasteiger partial charge in [-0.05, 0) is 43.2 Å². The Morgan fingerprint density at radius 3 is 2.40 bits per heavy atom. The normalized spacial score (nSPS) is 16.4. The van der Waals surface area contributed by atoms with Crippen molar-refractivity contribution in [2.75, 3.05) is 18.4 Å². The molecule has 0 spiro atoms. The molecule has 0 radical (unpaired) electrons. The fourth-order valence-corrected chi connectivity index (χ4v) is 3.56. The quantitative estimate of drug-likeness (QED) is 0.696. The maximum atomic E-state index is 12.6. The number of rotatable bonds is 5. The molecule has 6 nitrogen and oxygen atoms in total. The highest BCUT2D eigenvalue weighted by atomic mass is 35.5. The van der Waals surface area contributed by atoms with Crippen molar-refractivity contribution in [2.45, 2.75) is 31.8 Å². The lowest BCUT2D eigenvalue weighted by molar-refractivity contribution is -0.137. The molecule has 2 heterocycles. The zero-order valence-electron chi connectivity index (χ0n) is 15.9. The third-order valence-electron chi connectivity index (χ3n) is 5.12. The second kappa shape index (κ2) is 9.09. The van der Waals surface area contributed by atoms with Crippen LogP contribution in [0, 0.1) is 5.92 Å². The molecular formula is C20H21ClF3N3O3. The molecule has 1 saturated heterocycles. The fourth-order valence-electron chi connectivity index (χ4n) is 3.38. The monoisotopic (exact) mass is 443 g/mol. The van der Waals surface area contributed by atoms with E-state index in [0.717, 1.165) is 12.1 Å². The standard InChI is InChI=1S/C20H21ClF3N3O3/c21-15-3-6-17(28)27(11-15)12-18(29)26-9-7-13(8-10-26)19(30)25-16-4-1-14(2-5-16)20(22,23)24/h1-6,11,13,19,25,30H,7-10,12H2. The summed E-state index contributed by atoms with van der Waals surface area (Å²) in [6.07, 6.45) is -2.91. The van der Waals surface area contributed by atoms with Crippen LogP contribution in [0.4, 0.5) is 18.9 Å². The minimum atomic E-state index is -4.41. The number of amides is 1. The Balaban J connectivity index is 1.51. The lowest BCUT2D eigenvalue weighted by Crippen LogP contribution is -2.44. The second-order valence-corrected chi connectivity index (χ2v) is 7.63. The Kier molecular flexibility index (Phi) is 6.72. The number of carbonyl (C=O) groups excluding carboxylic acids is 1. The summed E-state index contributed by atoms with van der Waals surface area (Å²) >= 11 is 5.86.